The second-order valence-corrected chi connectivity index (χ2v) is 7.27. The Morgan fingerprint density at radius 1 is 1.27 bits per heavy atom. The molecular formula is C19H26N2O4S. The zero-order chi connectivity index (χ0) is 19.1. The van der Waals surface area contributed by atoms with Crippen LogP contribution in [0.3, 0.4) is 0 Å². The first-order chi connectivity index (χ1) is 12.4. The molecule has 6 nitrogen and oxygen atoms in total. The van der Waals surface area contributed by atoms with Gasteiger partial charge in [-0.3, -0.25) is 9.59 Å². The fourth-order valence-electron chi connectivity index (χ4n) is 2.53. The van der Waals surface area contributed by atoms with Crippen molar-refractivity contribution in [1.29, 1.82) is 0 Å². The summed E-state index contributed by atoms with van der Waals surface area (Å²) >= 11 is 1.38. The average Bonchev–Trinajstić information content (AvgIpc) is 3.27. The highest BCUT2D eigenvalue weighted by Gasteiger charge is 2.25. The average molecular weight is 378 g/mol. The van der Waals surface area contributed by atoms with Crippen LogP contribution in [0.4, 0.5) is 0 Å². The number of carbonyl (C=O) groups is 2. The molecule has 142 valence electrons. The van der Waals surface area contributed by atoms with Crippen molar-refractivity contribution in [2.45, 2.75) is 33.4 Å². The zero-order valence-electron chi connectivity index (χ0n) is 15.7. The van der Waals surface area contributed by atoms with E-state index in [0.29, 0.717) is 30.3 Å². The molecule has 2 amide bonds. The lowest BCUT2D eigenvalue weighted by Crippen LogP contribution is -2.46. The zero-order valence-corrected chi connectivity index (χ0v) is 16.5. The van der Waals surface area contributed by atoms with Crippen LogP contribution in [-0.2, 0) is 16.1 Å². The highest BCUT2D eigenvalue weighted by atomic mass is 32.1. The smallest absolute Gasteiger partial charge is 0.264 e. The quantitative estimate of drug-likeness (QED) is 0.672. The lowest BCUT2D eigenvalue weighted by atomic mass is 10.2. The van der Waals surface area contributed by atoms with Crippen LogP contribution < -0.4 is 0 Å². The van der Waals surface area contributed by atoms with Gasteiger partial charge in [0.15, 0.2) is 0 Å². The molecule has 2 rings (SSSR count). The van der Waals surface area contributed by atoms with E-state index in [1.54, 1.807) is 23.0 Å². The van der Waals surface area contributed by atoms with Gasteiger partial charge in [-0.2, -0.15) is 0 Å². The molecule has 0 fully saturated rings. The molecule has 0 spiro atoms. The van der Waals surface area contributed by atoms with Crippen molar-refractivity contribution in [3.63, 3.8) is 0 Å². The van der Waals surface area contributed by atoms with Crippen LogP contribution in [0.2, 0.25) is 0 Å². The molecule has 0 aromatic carbocycles. The number of thiophene rings is 1. The minimum atomic E-state index is -0.130. The van der Waals surface area contributed by atoms with Crippen LogP contribution in [0.15, 0.2) is 34.1 Å². The molecular weight excluding hydrogens is 352 g/mol. The van der Waals surface area contributed by atoms with Gasteiger partial charge in [0.25, 0.3) is 5.91 Å². The largest absolute Gasteiger partial charge is 0.464 e. The lowest BCUT2D eigenvalue weighted by Gasteiger charge is -2.29. The maximum atomic E-state index is 12.9. The normalized spacial score (nSPS) is 11.0. The number of furan rings is 1. The first kappa shape index (κ1) is 20.2. The van der Waals surface area contributed by atoms with Crippen LogP contribution >= 0.6 is 11.3 Å². The fourth-order valence-corrected chi connectivity index (χ4v) is 3.21. The molecule has 2 aromatic heterocycles. The number of rotatable bonds is 9. The Balaban J connectivity index is 2.10. The summed E-state index contributed by atoms with van der Waals surface area (Å²) in [4.78, 5) is 29.5. The monoisotopic (exact) mass is 378 g/mol. The predicted molar refractivity (Wildman–Crippen MR) is 101 cm³/mol. The lowest BCUT2D eigenvalue weighted by molar-refractivity contribution is -0.133. The molecule has 0 saturated heterocycles. The van der Waals surface area contributed by atoms with Crippen molar-refractivity contribution in [2.75, 3.05) is 26.8 Å². The standard InChI is InChI=1S/C19H26N2O4S/c1-14(2)21(19(23)17-6-5-11-26-17)13-18(22)20(9-10-24-4)12-16-8-7-15(3)25-16/h5-8,11,14H,9-10,12-13H2,1-4H3. The summed E-state index contributed by atoms with van der Waals surface area (Å²) in [5.41, 5.74) is 0. The van der Waals surface area contributed by atoms with E-state index in [1.165, 1.54) is 11.3 Å². The van der Waals surface area contributed by atoms with Crippen molar-refractivity contribution in [3.8, 4) is 0 Å². The third kappa shape index (κ3) is 5.44. The fraction of sp³-hybridized carbons (Fsp3) is 0.474. The molecule has 0 unspecified atom stereocenters. The first-order valence-electron chi connectivity index (χ1n) is 8.59. The molecule has 0 bridgehead atoms. The van der Waals surface area contributed by atoms with E-state index in [4.69, 9.17) is 9.15 Å². The highest BCUT2D eigenvalue weighted by Crippen LogP contribution is 2.15. The second-order valence-electron chi connectivity index (χ2n) is 6.32. The van der Waals surface area contributed by atoms with Crippen LogP contribution in [0.25, 0.3) is 0 Å². The molecule has 2 heterocycles. The second kappa shape index (κ2) is 9.54. The van der Waals surface area contributed by atoms with Gasteiger partial charge in [0.05, 0.1) is 18.0 Å². The third-order valence-electron chi connectivity index (χ3n) is 3.98. The Morgan fingerprint density at radius 2 is 2.04 bits per heavy atom. The Kier molecular flexibility index (Phi) is 7.41. The van der Waals surface area contributed by atoms with Gasteiger partial charge in [0.1, 0.15) is 18.1 Å². The van der Waals surface area contributed by atoms with Crippen molar-refractivity contribution >= 4 is 23.2 Å². The topological polar surface area (TPSA) is 63.0 Å². The van der Waals surface area contributed by atoms with Crippen molar-refractivity contribution in [2.24, 2.45) is 0 Å². The summed E-state index contributed by atoms with van der Waals surface area (Å²) in [6.45, 7) is 6.93. The molecule has 26 heavy (non-hydrogen) atoms. The third-order valence-corrected chi connectivity index (χ3v) is 4.84. The summed E-state index contributed by atoms with van der Waals surface area (Å²) in [6.07, 6.45) is 0. The molecule has 0 aliphatic carbocycles. The van der Waals surface area contributed by atoms with Crippen LogP contribution in [-0.4, -0.2) is 54.5 Å². The number of ether oxygens (including phenoxy) is 1. The number of amides is 2. The number of hydrogen-bond donors (Lipinski definition) is 0. The molecule has 2 aromatic rings. The Labute approximate surface area is 158 Å². The Bertz CT molecular complexity index is 709. The molecule has 0 saturated carbocycles. The number of nitrogens with zero attached hydrogens (tertiary/aromatic N) is 2. The van der Waals surface area contributed by atoms with Gasteiger partial charge in [-0.25, -0.2) is 0 Å². The van der Waals surface area contributed by atoms with E-state index in [0.717, 1.165) is 5.76 Å². The van der Waals surface area contributed by atoms with Crippen LogP contribution in [0.5, 0.6) is 0 Å². The maximum Gasteiger partial charge on any atom is 0.264 e. The molecule has 0 atom stereocenters. The van der Waals surface area contributed by atoms with Crippen molar-refractivity contribution in [3.05, 3.63) is 46.0 Å². The van der Waals surface area contributed by atoms with E-state index in [9.17, 15) is 9.59 Å². The van der Waals surface area contributed by atoms with E-state index in [2.05, 4.69) is 0 Å². The summed E-state index contributed by atoms with van der Waals surface area (Å²) in [7, 11) is 1.60. The number of methoxy groups -OCH3 is 1. The molecule has 0 aliphatic rings. The van der Waals surface area contributed by atoms with Gasteiger partial charge in [0, 0.05) is 19.7 Å². The minimum absolute atomic E-state index is 0.0256. The summed E-state index contributed by atoms with van der Waals surface area (Å²) in [5.74, 6) is 1.27. The van der Waals surface area contributed by atoms with Gasteiger partial charge in [0.2, 0.25) is 5.91 Å². The van der Waals surface area contributed by atoms with E-state index < -0.39 is 0 Å². The van der Waals surface area contributed by atoms with Gasteiger partial charge in [-0.05, 0) is 44.4 Å². The first-order valence-corrected chi connectivity index (χ1v) is 9.46. The molecule has 0 radical (unpaired) electrons. The van der Waals surface area contributed by atoms with E-state index in [1.807, 2.05) is 44.4 Å². The van der Waals surface area contributed by atoms with Gasteiger partial charge in [-0.1, -0.05) is 6.07 Å². The molecule has 0 N–H and O–H groups in total. The predicted octanol–water partition coefficient (Wildman–Crippen LogP) is 3.18. The molecule has 7 heteroatoms. The number of hydrogen-bond acceptors (Lipinski definition) is 5. The highest BCUT2D eigenvalue weighted by molar-refractivity contribution is 7.12. The summed E-state index contributed by atoms with van der Waals surface area (Å²) in [6, 6.07) is 7.27. The van der Waals surface area contributed by atoms with Crippen LogP contribution in [0.1, 0.15) is 35.0 Å². The Hall–Kier alpha value is -2.12. The Morgan fingerprint density at radius 3 is 2.58 bits per heavy atom. The molecule has 0 aliphatic heterocycles. The SMILES string of the molecule is COCCN(Cc1ccc(C)o1)C(=O)CN(C(=O)c1cccs1)C(C)C. The number of carbonyl (C=O) groups excluding carboxylic acids is 2. The van der Waals surface area contributed by atoms with Gasteiger partial charge in [-0.15, -0.1) is 11.3 Å². The minimum Gasteiger partial charge on any atom is -0.464 e. The van der Waals surface area contributed by atoms with Gasteiger partial charge < -0.3 is 19.0 Å². The summed E-state index contributed by atoms with van der Waals surface area (Å²) < 4.78 is 10.7. The van der Waals surface area contributed by atoms with E-state index >= 15 is 0 Å². The van der Waals surface area contributed by atoms with E-state index in [-0.39, 0.29) is 24.4 Å². The summed E-state index contributed by atoms with van der Waals surface area (Å²) in [5, 5.41) is 1.86. The van der Waals surface area contributed by atoms with Gasteiger partial charge >= 0.3 is 0 Å². The van der Waals surface area contributed by atoms with Crippen molar-refractivity contribution < 1.29 is 18.7 Å². The van der Waals surface area contributed by atoms with Crippen molar-refractivity contribution in [1.82, 2.24) is 9.80 Å². The van der Waals surface area contributed by atoms with Crippen LogP contribution in [0, 0.1) is 6.92 Å². The maximum absolute atomic E-state index is 12.9. The number of aryl methyl sites for hydroxylation is 1.